The Labute approximate surface area is 259 Å². The number of rotatable bonds is 20. The molecule has 0 aromatic carbocycles. The van der Waals surface area contributed by atoms with E-state index >= 15 is 0 Å². The van der Waals surface area contributed by atoms with E-state index in [1.54, 1.807) is 13.8 Å². The maximum Gasteiger partial charge on any atom is 0.472 e. The van der Waals surface area contributed by atoms with Crippen LogP contribution < -0.4 is 10.6 Å². The molecule has 15 heteroatoms. The van der Waals surface area contributed by atoms with Crippen LogP contribution in [0.3, 0.4) is 0 Å². The minimum atomic E-state index is -4.43. The van der Waals surface area contributed by atoms with Crippen molar-refractivity contribution in [1.29, 1.82) is 0 Å². The Morgan fingerprint density at radius 3 is 1.35 bits per heavy atom. The van der Waals surface area contributed by atoms with Crippen LogP contribution in [0.4, 0.5) is 0 Å². The van der Waals surface area contributed by atoms with Gasteiger partial charge < -0.3 is 25.2 Å². The lowest BCUT2D eigenvalue weighted by Gasteiger charge is -2.29. The largest absolute Gasteiger partial charge is 0.472 e. The van der Waals surface area contributed by atoms with Gasteiger partial charge in [-0.25, -0.2) is 9.13 Å². The Hall–Kier alpha value is 0.0200. The second kappa shape index (κ2) is 17.8. The van der Waals surface area contributed by atoms with Crippen molar-refractivity contribution in [3.05, 3.63) is 0 Å². The first-order valence-corrected chi connectivity index (χ1v) is 18.8. The highest BCUT2D eigenvalue weighted by molar-refractivity contribution is 7.47. The second-order valence-corrected chi connectivity index (χ2v) is 16.2. The molecule has 0 aromatic heterocycles. The highest BCUT2D eigenvalue weighted by Crippen LogP contribution is 2.46. The summed E-state index contributed by atoms with van der Waals surface area (Å²) in [6.07, 6.45) is 0.395. The fraction of sp³-hybridized carbons (Fsp3) is 1.00. The van der Waals surface area contributed by atoms with Gasteiger partial charge in [-0.3, -0.25) is 27.9 Å². The van der Waals surface area contributed by atoms with Crippen LogP contribution in [0.15, 0.2) is 0 Å². The molecule has 0 aromatic rings. The Balaban J connectivity index is 1.88. The Kier molecular flexibility index (Phi) is 16.2. The van der Waals surface area contributed by atoms with E-state index in [2.05, 4.69) is 75.8 Å². The number of hydrogen-bond donors (Lipinski definition) is 4. The molecule has 0 saturated carbocycles. The van der Waals surface area contributed by atoms with E-state index in [1.807, 2.05) is 0 Å². The Morgan fingerprint density at radius 2 is 1.05 bits per heavy atom. The number of phosphoric ester groups is 2. The molecular formula is C28H60N4O9P2. The van der Waals surface area contributed by atoms with Crippen LogP contribution in [0.1, 0.15) is 82.1 Å². The van der Waals surface area contributed by atoms with Gasteiger partial charge in [-0.05, 0) is 54.4 Å². The molecule has 2 fully saturated rings. The van der Waals surface area contributed by atoms with Crippen molar-refractivity contribution in [3.63, 3.8) is 0 Å². The summed E-state index contributed by atoms with van der Waals surface area (Å²) in [5.74, 6) is 0. The van der Waals surface area contributed by atoms with E-state index < -0.39 is 21.7 Å². The molecule has 2 heterocycles. The normalized spacial score (nSPS) is 27.7. The molecule has 0 aliphatic carbocycles. The summed E-state index contributed by atoms with van der Waals surface area (Å²) in [5.41, 5.74) is 0. The predicted octanol–water partition coefficient (Wildman–Crippen LogP) is 3.75. The number of nitrogens with zero attached hydrogens (tertiary/aromatic N) is 2. The molecule has 0 spiro atoms. The van der Waals surface area contributed by atoms with Crippen LogP contribution in [0.5, 0.6) is 0 Å². The van der Waals surface area contributed by atoms with E-state index in [0.717, 1.165) is 25.9 Å². The van der Waals surface area contributed by atoms with Gasteiger partial charge in [-0.15, -0.1) is 0 Å². The van der Waals surface area contributed by atoms with Crippen molar-refractivity contribution in [2.75, 3.05) is 39.5 Å². The zero-order valence-electron chi connectivity index (χ0n) is 28.0. The van der Waals surface area contributed by atoms with Crippen LogP contribution in [-0.4, -0.2) is 120 Å². The average Bonchev–Trinajstić information content (AvgIpc) is 3.46. The monoisotopic (exact) mass is 658 g/mol. The summed E-state index contributed by atoms with van der Waals surface area (Å²) in [7, 11) is -8.85. The molecule has 0 bridgehead atoms. The maximum absolute atomic E-state index is 12.8. The molecule has 7 atom stereocenters. The minimum absolute atomic E-state index is 0.0355. The van der Waals surface area contributed by atoms with E-state index in [0.29, 0.717) is 12.1 Å². The molecule has 4 unspecified atom stereocenters. The molecule has 2 rings (SSSR count). The summed E-state index contributed by atoms with van der Waals surface area (Å²) in [6.45, 7) is 21.3. The zero-order chi connectivity index (χ0) is 32.5. The fourth-order valence-corrected chi connectivity index (χ4v) is 7.54. The minimum Gasteiger partial charge on any atom is -0.371 e. The number of likely N-dealkylation sites (tertiary alicyclic amines) is 2. The molecule has 0 amide bonds. The van der Waals surface area contributed by atoms with Crippen LogP contribution in [0.25, 0.3) is 0 Å². The van der Waals surface area contributed by atoms with Crippen molar-refractivity contribution >= 4 is 15.6 Å². The third-order valence-corrected chi connectivity index (χ3v) is 9.45. The zero-order valence-corrected chi connectivity index (χ0v) is 29.8. The standard InChI is InChI=1S/C28H60N4O9P2/c1-19(2)29-24-11-26(31(13-24)21(5)6)15-37-42(33,34)39-17-28(41-23(9)10)18-40-43(35,36)38-16-27-12-25(30-20(3)4)14-32(27)22(7)8/h19-30H,11-18H2,1-10H3,(H,33,34)(H,35,36)/t24-,25?,26+,27-,28?/m1/s1. The van der Waals surface area contributed by atoms with Gasteiger partial charge in [0.15, 0.2) is 0 Å². The number of hydrogen-bond acceptors (Lipinski definition) is 11. The van der Waals surface area contributed by atoms with Gasteiger partial charge in [0, 0.05) is 61.4 Å². The van der Waals surface area contributed by atoms with Crippen LogP contribution in [-0.2, 0) is 32.0 Å². The highest BCUT2D eigenvalue weighted by atomic mass is 31.2. The van der Waals surface area contributed by atoms with E-state index in [9.17, 15) is 18.9 Å². The van der Waals surface area contributed by atoms with Gasteiger partial charge in [0.05, 0.1) is 32.5 Å². The lowest BCUT2D eigenvalue weighted by molar-refractivity contribution is -0.0514. The first kappa shape index (κ1) is 39.2. The summed E-state index contributed by atoms with van der Waals surface area (Å²) >= 11 is 0. The van der Waals surface area contributed by atoms with Crippen molar-refractivity contribution in [2.45, 2.75) is 143 Å². The maximum atomic E-state index is 12.8. The molecule has 2 aliphatic heterocycles. The average molecular weight is 659 g/mol. The predicted molar refractivity (Wildman–Crippen MR) is 168 cm³/mol. The van der Waals surface area contributed by atoms with Crippen LogP contribution >= 0.6 is 15.6 Å². The molecule has 2 saturated heterocycles. The Bertz CT molecular complexity index is 845. The third-order valence-electron chi connectivity index (χ3n) is 7.55. The molecule has 0 radical (unpaired) electrons. The van der Waals surface area contributed by atoms with Crippen molar-refractivity contribution in [3.8, 4) is 0 Å². The third kappa shape index (κ3) is 14.5. The Morgan fingerprint density at radius 1 is 0.674 bits per heavy atom. The van der Waals surface area contributed by atoms with Crippen molar-refractivity contribution < 1.29 is 41.7 Å². The molecule has 2 aliphatic rings. The fourth-order valence-electron chi connectivity index (χ4n) is 5.96. The lowest BCUT2D eigenvalue weighted by Crippen LogP contribution is -2.40. The summed E-state index contributed by atoms with van der Waals surface area (Å²) in [4.78, 5) is 25.3. The van der Waals surface area contributed by atoms with Gasteiger partial charge in [-0.1, -0.05) is 27.7 Å². The van der Waals surface area contributed by atoms with Crippen molar-refractivity contribution in [1.82, 2.24) is 20.4 Å². The first-order valence-electron chi connectivity index (χ1n) is 15.8. The number of phosphoric acid groups is 2. The van der Waals surface area contributed by atoms with Crippen molar-refractivity contribution in [2.24, 2.45) is 0 Å². The molecule has 43 heavy (non-hydrogen) atoms. The van der Waals surface area contributed by atoms with E-state index in [4.69, 9.17) is 22.8 Å². The molecule has 13 nitrogen and oxygen atoms in total. The smallest absolute Gasteiger partial charge is 0.371 e. The topological polar surface area (TPSA) is 151 Å². The first-order chi connectivity index (χ1) is 19.9. The van der Waals surface area contributed by atoms with E-state index in [-0.39, 0.29) is 68.8 Å². The molecule has 256 valence electrons. The summed E-state index contributed by atoms with van der Waals surface area (Å²) in [6, 6.07) is 1.65. The van der Waals surface area contributed by atoms with Gasteiger partial charge >= 0.3 is 15.6 Å². The van der Waals surface area contributed by atoms with Gasteiger partial charge in [0.25, 0.3) is 0 Å². The number of ether oxygens (including phenoxy) is 1. The van der Waals surface area contributed by atoms with Gasteiger partial charge in [-0.2, -0.15) is 0 Å². The SMILES string of the molecule is CC(C)NC1C[C@H](COP(=O)(O)OCC(COP(=O)(O)OC[C@@H]2C[C@@H](NC(C)C)CN2C(C)C)OC(C)C)N(C(C)C)C1. The quantitative estimate of drug-likeness (QED) is 0.141. The summed E-state index contributed by atoms with van der Waals surface area (Å²) < 4.78 is 52.6. The van der Waals surface area contributed by atoms with Gasteiger partial charge in [0.1, 0.15) is 6.10 Å². The van der Waals surface area contributed by atoms with Crippen LogP contribution in [0.2, 0.25) is 0 Å². The lowest BCUT2D eigenvalue weighted by atomic mass is 10.1. The van der Waals surface area contributed by atoms with E-state index in [1.165, 1.54) is 0 Å². The van der Waals surface area contributed by atoms with Gasteiger partial charge in [0.2, 0.25) is 0 Å². The van der Waals surface area contributed by atoms with Crippen LogP contribution in [0, 0.1) is 0 Å². The highest BCUT2D eigenvalue weighted by Gasteiger charge is 2.38. The molecular weight excluding hydrogens is 598 g/mol. The second-order valence-electron chi connectivity index (χ2n) is 13.3. The summed E-state index contributed by atoms with van der Waals surface area (Å²) in [5, 5.41) is 7.06. The number of nitrogens with one attached hydrogen (secondary N) is 2. The molecule has 4 N–H and O–H groups in total.